The summed E-state index contributed by atoms with van der Waals surface area (Å²) in [6.07, 6.45) is 115. The summed E-state index contributed by atoms with van der Waals surface area (Å²) in [7, 11) is -9.83. The molecule has 16 nitrogen and oxygen atoms in total. The van der Waals surface area contributed by atoms with E-state index in [1.165, 1.54) is 128 Å². The van der Waals surface area contributed by atoms with Crippen LogP contribution >= 0.6 is 15.6 Å². The largest absolute Gasteiger partial charge is 0.472 e. The molecule has 115 heavy (non-hydrogen) atoms. The molecule has 0 radical (unpaired) electrons. The number of phosphoric ester groups is 2. The van der Waals surface area contributed by atoms with Gasteiger partial charge in [0, 0.05) is 19.3 Å². The van der Waals surface area contributed by atoms with Crippen LogP contribution in [0.15, 0.2) is 182 Å². The molecule has 0 bridgehead atoms. The number of unbranched alkanes of at least 4 members (excludes halogenated alkanes) is 31. The summed E-state index contributed by atoms with van der Waals surface area (Å²) in [5, 5.41) is 20.7. The number of ether oxygens (including phenoxy) is 3. The number of phosphoric acid groups is 2. The van der Waals surface area contributed by atoms with E-state index in [9.17, 15) is 43.5 Å². The van der Waals surface area contributed by atoms with Crippen molar-refractivity contribution in [1.29, 1.82) is 0 Å². The zero-order valence-electron chi connectivity index (χ0n) is 72.1. The molecule has 5 unspecified atom stereocenters. The number of aliphatic hydroxyl groups excluding tert-OH is 2. The van der Waals surface area contributed by atoms with Crippen LogP contribution in [0.3, 0.4) is 0 Å². The number of hydrogen-bond acceptors (Lipinski definition) is 14. The number of aliphatic hydroxyl groups is 2. The molecule has 0 aliphatic carbocycles. The smallest absolute Gasteiger partial charge is 0.463 e. The zero-order valence-corrected chi connectivity index (χ0v) is 73.9. The Bertz CT molecular complexity index is 2820. The Hall–Kier alpha value is -5.35. The lowest BCUT2D eigenvalue weighted by atomic mass is 10.0. The van der Waals surface area contributed by atoms with E-state index >= 15 is 0 Å². The first-order valence-corrected chi connectivity index (χ1v) is 48.1. The number of rotatable bonds is 84. The zero-order chi connectivity index (χ0) is 83.6. The Labute approximate surface area is 700 Å². The minimum Gasteiger partial charge on any atom is -0.463 e. The average Bonchev–Trinajstić information content (AvgIpc) is 0.900. The lowest BCUT2D eigenvalue weighted by Crippen LogP contribution is -2.30. The van der Waals surface area contributed by atoms with Crippen LogP contribution in [0, 0.1) is 0 Å². The van der Waals surface area contributed by atoms with E-state index < -0.39 is 91.5 Å². The quantitative estimate of drug-likeness (QED) is 0.0146. The maximum Gasteiger partial charge on any atom is 0.472 e. The predicted octanol–water partition coefficient (Wildman–Crippen LogP) is 27.7. The predicted molar refractivity (Wildman–Crippen MR) is 481 cm³/mol. The highest BCUT2D eigenvalue weighted by molar-refractivity contribution is 7.47. The van der Waals surface area contributed by atoms with E-state index in [2.05, 4.69) is 203 Å². The average molecular weight is 1650 g/mol. The van der Waals surface area contributed by atoms with Gasteiger partial charge in [-0.25, -0.2) is 9.13 Å². The summed E-state index contributed by atoms with van der Waals surface area (Å²) in [4.78, 5) is 58.9. The number of carbonyl (C=O) groups excluding carboxylic acids is 3. The molecule has 0 saturated heterocycles. The van der Waals surface area contributed by atoms with E-state index in [0.29, 0.717) is 25.7 Å². The highest BCUT2D eigenvalue weighted by Crippen LogP contribution is 2.45. The summed E-state index contributed by atoms with van der Waals surface area (Å²) in [5.74, 6) is -1.64. The number of hydrogen-bond donors (Lipinski definition) is 4. The molecule has 18 heteroatoms. The molecule has 0 rings (SSSR count). The summed E-state index contributed by atoms with van der Waals surface area (Å²) < 4.78 is 61.3. The Morgan fingerprint density at radius 3 is 0.748 bits per heavy atom. The molecule has 0 heterocycles. The van der Waals surface area contributed by atoms with Crippen molar-refractivity contribution in [3.05, 3.63) is 182 Å². The Kier molecular flexibility index (Phi) is 83.9. The molecule has 0 aliphatic heterocycles. The van der Waals surface area contributed by atoms with Crippen LogP contribution in [-0.4, -0.2) is 95.9 Å². The van der Waals surface area contributed by atoms with Gasteiger partial charge in [0.2, 0.25) is 0 Å². The fourth-order valence-electron chi connectivity index (χ4n) is 11.8. The van der Waals surface area contributed by atoms with Crippen molar-refractivity contribution < 1.29 is 75.8 Å². The third-order valence-electron chi connectivity index (χ3n) is 18.6. The Morgan fingerprint density at radius 1 is 0.252 bits per heavy atom. The van der Waals surface area contributed by atoms with Crippen molar-refractivity contribution in [2.75, 3.05) is 39.6 Å². The van der Waals surface area contributed by atoms with Crippen LogP contribution in [0.1, 0.15) is 355 Å². The van der Waals surface area contributed by atoms with Crippen molar-refractivity contribution in [1.82, 2.24) is 0 Å². The number of carbonyl (C=O) groups is 3. The van der Waals surface area contributed by atoms with E-state index in [0.717, 1.165) is 161 Å². The first kappa shape index (κ1) is 110. The maximum atomic E-state index is 13.0. The van der Waals surface area contributed by atoms with Gasteiger partial charge in [-0.3, -0.25) is 32.5 Å². The molecule has 0 aromatic heterocycles. The van der Waals surface area contributed by atoms with Gasteiger partial charge in [0.1, 0.15) is 25.4 Å². The van der Waals surface area contributed by atoms with E-state index in [-0.39, 0.29) is 19.3 Å². The summed E-state index contributed by atoms with van der Waals surface area (Å²) in [6, 6.07) is 0. The van der Waals surface area contributed by atoms with Crippen LogP contribution < -0.4 is 0 Å². The van der Waals surface area contributed by atoms with Gasteiger partial charge in [0.05, 0.1) is 26.4 Å². The third-order valence-corrected chi connectivity index (χ3v) is 20.5. The molecule has 4 N–H and O–H groups in total. The molecular formula is C97H162O16P2. The first-order valence-electron chi connectivity index (χ1n) is 45.1. The monoisotopic (exact) mass is 1650 g/mol. The molecule has 5 atom stereocenters. The van der Waals surface area contributed by atoms with Crippen molar-refractivity contribution in [3.8, 4) is 0 Å². The minimum absolute atomic E-state index is 0.0403. The van der Waals surface area contributed by atoms with Gasteiger partial charge in [-0.1, -0.05) is 357 Å². The molecule has 0 spiro atoms. The van der Waals surface area contributed by atoms with Gasteiger partial charge in [0.15, 0.2) is 6.10 Å². The lowest BCUT2D eigenvalue weighted by molar-refractivity contribution is -0.161. The molecule has 0 saturated carbocycles. The van der Waals surface area contributed by atoms with Crippen molar-refractivity contribution >= 4 is 33.6 Å². The van der Waals surface area contributed by atoms with Crippen LogP contribution in [0.2, 0.25) is 0 Å². The topological polar surface area (TPSA) is 231 Å². The highest BCUT2D eigenvalue weighted by atomic mass is 31.2. The van der Waals surface area contributed by atoms with Gasteiger partial charge in [-0.2, -0.15) is 0 Å². The number of allylic oxidation sites excluding steroid dienone is 30. The van der Waals surface area contributed by atoms with Crippen LogP contribution in [-0.2, 0) is 55.8 Å². The van der Waals surface area contributed by atoms with Gasteiger partial charge in [-0.15, -0.1) is 0 Å². The van der Waals surface area contributed by atoms with Crippen molar-refractivity contribution in [3.63, 3.8) is 0 Å². The molecule has 0 aliphatic rings. The number of esters is 3. The fourth-order valence-corrected chi connectivity index (χ4v) is 13.4. The molecule has 0 fully saturated rings. The second kappa shape index (κ2) is 87.9. The second-order valence-corrected chi connectivity index (χ2v) is 32.5. The lowest BCUT2D eigenvalue weighted by Gasteiger charge is -2.21. The van der Waals surface area contributed by atoms with Crippen LogP contribution in [0.4, 0.5) is 0 Å². The molecular weight excluding hydrogens is 1480 g/mol. The normalized spacial score (nSPS) is 14.7. The highest BCUT2D eigenvalue weighted by Gasteiger charge is 2.29. The van der Waals surface area contributed by atoms with Crippen molar-refractivity contribution in [2.24, 2.45) is 0 Å². The Morgan fingerprint density at radius 2 is 0.461 bits per heavy atom. The maximum absolute atomic E-state index is 13.0. The standard InChI is InChI=1S/C97H162O16P2/c1-4-7-10-13-16-19-22-25-28-31-34-37-39-40-41-42-43-44-45-46-47-48-49-50-52-55-56-59-62-65-68-71-74-77-80-83-95(100)107-86-92(98)87-109-114(103,104)110-88-93(99)89-111-115(105,106)112-91-94(113-97(102)85-82-79-76-73-70-67-64-61-58-53-36-33-30-27-24-21-18-15-12-9-6-3)90-108-96(101)84-81-78-75-72-69-66-63-60-57-54-51-38-35-32-29-26-23-20-17-14-11-8-5-2/h8-9,11-12,16-21,25-30,34-38,40-41,53-54,57,61,64,70,73,92-94,98-99H,4-7,10,13-15,22-24,31-33,39,42-52,55-56,58-60,62-63,65-69,71-72,74-91H2,1-3H3,(H,103,104)(H,105,106)/b11-8-,12-9-,19-16-,20-17-,21-18-,28-25-,29-26-,30-27-,37-34-,38-35-,41-40-,53-36-,57-54-,64-61-,73-70-. The van der Waals surface area contributed by atoms with Gasteiger partial charge < -0.3 is 34.2 Å². The Balaban J connectivity index is 4.56. The molecule has 656 valence electrons. The SMILES string of the molecule is CC/C=C\C/C=C\C/C=C\C/C=C\C/C=C\C/C=C\CCCCC(=O)OC(COC(=O)CCCCCCCCC/C=C\C/C=C\C/C=C\C/C=C\C/C=C\CC)COP(=O)(O)OCC(O)COP(=O)(O)OCC(O)COC(=O)CCCCCCCCCCCCCCCCCCCCC/C=C\C/C=C\C/C=C\C/C=C\CCCCC. The van der Waals surface area contributed by atoms with E-state index in [4.69, 9.17) is 32.3 Å². The van der Waals surface area contributed by atoms with E-state index in [1.54, 1.807) is 0 Å². The summed E-state index contributed by atoms with van der Waals surface area (Å²) in [6.45, 7) is 2.38. The summed E-state index contributed by atoms with van der Waals surface area (Å²) >= 11 is 0. The van der Waals surface area contributed by atoms with Crippen LogP contribution in [0.25, 0.3) is 0 Å². The molecule has 0 aromatic rings. The van der Waals surface area contributed by atoms with Crippen molar-refractivity contribution in [2.45, 2.75) is 373 Å². The first-order chi connectivity index (χ1) is 56.2. The van der Waals surface area contributed by atoms with Gasteiger partial charge in [0.25, 0.3) is 0 Å². The summed E-state index contributed by atoms with van der Waals surface area (Å²) in [5.41, 5.74) is 0. The van der Waals surface area contributed by atoms with E-state index in [1.807, 2.05) is 0 Å². The van der Waals surface area contributed by atoms with Crippen LogP contribution in [0.5, 0.6) is 0 Å². The van der Waals surface area contributed by atoms with Gasteiger partial charge in [-0.05, 0) is 161 Å². The fraction of sp³-hybridized carbons (Fsp3) is 0.660. The molecule has 0 aromatic carbocycles. The molecule has 0 amide bonds. The minimum atomic E-state index is -4.96. The van der Waals surface area contributed by atoms with Gasteiger partial charge >= 0.3 is 33.6 Å². The second-order valence-electron chi connectivity index (χ2n) is 29.6. The third kappa shape index (κ3) is 89.3.